The van der Waals surface area contributed by atoms with Gasteiger partial charge in [-0.15, -0.1) is 11.8 Å². The second-order valence-corrected chi connectivity index (χ2v) is 4.81. The molecular formula is C14H13FS. The third-order valence-corrected chi connectivity index (χ3v) is 3.22. The second kappa shape index (κ2) is 5.17. The van der Waals surface area contributed by atoms with E-state index in [9.17, 15) is 4.39 Å². The molecule has 0 atom stereocenters. The van der Waals surface area contributed by atoms with Crippen LogP contribution in [0, 0.1) is 5.82 Å². The second-order valence-electron chi connectivity index (χ2n) is 3.47. The quantitative estimate of drug-likeness (QED) is 0.697. The zero-order valence-electron chi connectivity index (χ0n) is 9.11. The molecule has 0 bridgehead atoms. The number of benzene rings is 2. The summed E-state index contributed by atoms with van der Waals surface area (Å²) in [6.45, 7) is 2.13. The Labute approximate surface area is 99.5 Å². The van der Waals surface area contributed by atoms with Crippen molar-refractivity contribution in [2.75, 3.05) is 5.75 Å². The molecule has 0 unspecified atom stereocenters. The molecule has 0 amide bonds. The van der Waals surface area contributed by atoms with Crippen molar-refractivity contribution >= 4 is 11.8 Å². The summed E-state index contributed by atoms with van der Waals surface area (Å²) < 4.78 is 13.0. The van der Waals surface area contributed by atoms with Gasteiger partial charge in [0.1, 0.15) is 5.82 Å². The summed E-state index contributed by atoms with van der Waals surface area (Å²) in [7, 11) is 0. The van der Waals surface area contributed by atoms with Gasteiger partial charge in [-0.05, 0) is 41.1 Å². The van der Waals surface area contributed by atoms with E-state index in [0.29, 0.717) is 0 Å². The highest BCUT2D eigenvalue weighted by atomic mass is 32.2. The van der Waals surface area contributed by atoms with E-state index in [-0.39, 0.29) is 5.82 Å². The van der Waals surface area contributed by atoms with Gasteiger partial charge in [-0.1, -0.05) is 31.2 Å². The molecule has 16 heavy (non-hydrogen) atoms. The van der Waals surface area contributed by atoms with Gasteiger partial charge in [-0.2, -0.15) is 0 Å². The van der Waals surface area contributed by atoms with Crippen molar-refractivity contribution in [3.8, 4) is 11.1 Å². The first-order chi connectivity index (χ1) is 7.79. The summed E-state index contributed by atoms with van der Waals surface area (Å²) in [5, 5.41) is 0. The van der Waals surface area contributed by atoms with Gasteiger partial charge in [0.2, 0.25) is 0 Å². The summed E-state index contributed by atoms with van der Waals surface area (Å²) in [4.78, 5) is 1.25. The highest BCUT2D eigenvalue weighted by Crippen LogP contribution is 2.24. The fraction of sp³-hybridized carbons (Fsp3) is 0.143. The lowest BCUT2D eigenvalue weighted by Crippen LogP contribution is -1.80. The van der Waals surface area contributed by atoms with Crippen molar-refractivity contribution in [3.05, 3.63) is 54.3 Å². The largest absolute Gasteiger partial charge is 0.207 e. The Morgan fingerprint density at radius 3 is 2.38 bits per heavy atom. The smallest absolute Gasteiger partial charge is 0.123 e. The maximum absolute atomic E-state index is 13.0. The third-order valence-electron chi connectivity index (χ3n) is 2.32. The Morgan fingerprint density at radius 2 is 1.75 bits per heavy atom. The van der Waals surface area contributed by atoms with Crippen LogP contribution in [0.5, 0.6) is 0 Å². The molecule has 0 radical (unpaired) electrons. The molecular weight excluding hydrogens is 219 g/mol. The molecule has 2 rings (SSSR count). The van der Waals surface area contributed by atoms with Crippen LogP contribution in [0.3, 0.4) is 0 Å². The van der Waals surface area contributed by atoms with Crippen LogP contribution in [0.25, 0.3) is 11.1 Å². The molecule has 2 aromatic carbocycles. The van der Waals surface area contributed by atoms with Crippen molar-refractivity contribution in [2.45, 2.75) is 11.8 Å². The monoisotopic (exact) mass is 232 g/mol. The highest BCUT2D eigenvalue weighted by Gasteiger charge is 1.99. The van der Waals surface area contributed by atoms with Crippen LogP contribution in [-0.2, 0) is 0 Å². The molecule has 0 N–H and O–H groups in total. The van der Waals surface area contributed by atoms with E-state index < -0.39 is 0 Å². The van der Waals surface area contributed by atoms with Crippen molar-refractivity contribution in [1.29, 1.82) is 0 Å². The molecule has 0 aliphatic rings. The van der Waals surface area contributed by atoms with E-state index in [2.05, 4.69) is 19.1 Å². The molecule has 0 spiro atoms. The van der Waals surface area contributed by atoms with Crippen LogP contribution in [0.4, 0.5) is 4.39 Å². The fourth-order valence-electron chi connectivity index (χ4n) is 1.58. The van der Waals surface area contributed by atoms with E-state index in [1.807, 2.05) is 30.0 Å². The highest BCUT2D eigenvalue weighted by molar-refractivity contribution is 7.99. The van der Waals surface area contributed by atoms with Gasteiger partial charge in [-0.3, -0.25) is 0 Å². The topological polar surface area (TPSA) is 0 Å². The van der Waals surface area contributed by atoms with Gasteiger partial charge in [-0.25, -0.2) is 4.39 Å². The SMILES string of the molecule is CCSc1ccc(-c2cccc(F)c2)cc1. The Kier molecular flexibility index (Phi) is 3.62. The van der Waals surface area contributed by atoms with Crippen molar-refractivity contribution in [1.82, 2.24) is 0 Å². The normalized spacial score (nSPS) is 10.4. The summed E-state index contributed by atoms with van der Waals surface area (Å²) in [5.41, 5.74) is 1.98. The van der Waals surface area contributed by atoms with Crippen LogP contribution >= 0.6 is 11.8 Å². The summed E-state index contributed by atoms with van der Waals surface area (Å²) >= 11 is 1.81. The minimum atomic E-state index is -0.190. The Hall–Kier alpha value is -1.28. The Bertz CT molecular complexity index is 462. The lowest BCUT2D eigenvalue weighted by molar-refractivity contribution is 0.628. The zero-order chi connectivity index (χ0) is 11.4. The molecule has 0 fully saturated rings. The van der Waals surface area contributed by atoms with Gasteiger partial charge in [0.25, 0.3) is 0 Å². The number of halogens is 1. The zero-order valence-corrected chi connectivity index (χ0v) is 9.93. The summed E-state index contributed by atoms with van der Waals surface area (Å²) in [6.07, 6.45) is 0. The lowest BCUT2D eigenvalue weighted by Gasteiger charge is -2.03. The summed E-state index contributed by atoms with van der Waals surface area (Å²) in [5.74, 6) is 0.878. The van der Waals surface area contributed by atoms with Crippen LogP contribution in [0.15, 0.2) is 53.4 Å². The first-order valence-corrected chi connectivity index (χ1v) is 6.27. The van der Waals surface area contributed by atoms with Gasteiger partial charge in [0.15, 0.2) is 0 Å². The number of hydrogen-bond donors (Lipinski definition) is 0. The third kappa shape index (κ3) is 2.64. The van der Waals surface area contributed by atoms with Crippen molar-refractivity contribution < 1.29 is 4.39 Å². The minimum Gasteiger partial charge on any atom is -0.207 e. The molecule has 2 aromatic rings. The molecule has 0 aromatic heterocycles. The molecule has 0 nitrogen and oxygen atoms in total. The van der Waals surface area contributed by atoms with Crippen LogP contribution in [-0.4, -0.2) is 5.75 Å². The molecule has 0 heterocycles. The molecule has 0 saturated heterocycles. The Balaban J connectivity index is 2.27. The van der Waals surface area contributed by atoms with Gasteiger partial charge >= 0.3 is 0 Å². The lowest BCUT2D eigenvalue weighted by atomic mass is 10.1. The predicted octanol–water partition coefficient (Wildman–Crippen LogP) is 4.60. The van der Waals surface area contributed by atoms with Crippen molar-refractivity contribution in [2.24, 2.45) is 0 Å². The van der Waals surface area contributed by atoms with E-state index in [4.69, 9.17) is 0 Å². The standard InChI is InChI=1S/C14H13FS/c1-2-16-14-8-6-11(7-9-14)12-4-3-5-13(15)10-12/h3-10H,2H2,1H3. The average Bonchev–Trinajstić information content (AvgIpc) is 2.30. The first-order valence-electron chi connectivity index (χ1n) is 5.28. The van der Waals surface area contributed by atoms with E-state index in [0.717, 1.165) is 16.9 Å². The number of rotatable bonds is 3. The van der Waals surface area contributed by atoms with Gasteiger partial charge in [0, 0.05) is 4.90 Å². The Morgan fingerprint density at radius 1 is 1.00 bits per heavy atom. The average molecular weight is 232 g/mol. The van der Waals surface area contributed by atoms with E-state index >= 15 is 0 Å². The predicted molar refractivity (Wildman–Crippen MR) is 68.2 cm³/mol. The van der Waals surface area contributed by atoms with E-state index in [1.165, 1.54) is 11.0 Å². The number of hydrogen-bond acceptors (Lipinski definition) is 1. The molecule has 0 aliphatic heterocycles. The first kappa shape index (κ1) is 11.2. The van der Waals surface area contributed by atoms with Crippen LogP contribution in [0.2, 0.25) is 0 Å². The van der Waals surface area contributed by atoms with Crippen molar-refractivity contribution in [3.63, 3.8) is 0 Å². The summed E-state index contributed by atoms with van der Waals surface area (Å²) in [6, 6.07) is 14.9. The van der Waals surface area contributed by atoms with Gasteiger partial charge in [0.05, 0.1) is 0 Å². The van der Waals surface area contributed by atoms with Crippen LogP contribution < -0.4 is 0 Å². The van der Waals surface area contributed by atoms with E-state index in [1.54, 1.807) is 12.1 Å². The molecule has 82 valence electrons. The number of thioether (sulfide) groups is 1. The van der Waals surface area contributed by atoms with Gasteiger partial charge < -0.3 is 0 Å². The molecule has 0 saturated carbocycles. The maximum atomic E-state index is 13.0. The fourth-order valence-corrected chi connectivity index (χ4v) is 2.24. The molecule has 0 aliphatic carbocycles. The van der Waals surface area contributed by atoms with Crippen LogP contribution in [0.1, 0.15) is 6.92 Å². The molecule has 2 heteroatoms. The minimum absolute atomic E-state index is 0.190. The maximum Gasteiger partial charge on any atom is 0.123 e.